The molecule has 0 fully saturated rings. The predicted octanol–water partition coefficient (Wildman–Crippen LogP) is 2.93. The van der Waals surface area contributed by atoms with E-state index in [0.717, 1.165) is 17.3 Å². The first kappa shape index (κ1) is 13.2. The number of nitrogens with two attached hydrogens (primary N) is 1. The van der Waals surface area contributed by atoms with Crippen molar-refractivity contribution in [1.82, 2.24) is 5.32 Å². The number of nitrogens with one attached hydrogen (secondary N) is 1. The third kappa shape index (κ3) is 2.70. The molecular weight excluding hydrogens is 316 g/mol. The molecule has 0 radical (unpaired) electrons. The second-order valence-electron chi connectivity index (χ2n) is 5.12. The summed E-state index contributed by atoms with van der Waals surface area (Å²) in [6.45, 7) is 0. The molecule has 3 rings (SSSR count). The molecule has 2 aromatic carbocycles. The molecule has 0 aromatic heterocycles. The van der Waals surface area contributed by atoms with Crippen LogP contribution in [0.1, 0.15) is 21.5 Å². The number of benzene rings is 2. The lowest BCUT2D eigenvalue weighted by Crippen LogP contribution is -2.35. The van der Waals surface area contributed by atoms with Gasteiger partial charge in [-0.3, -0.25) is 4.79 Å². The molecule has 20 heavy (non-hydrogen) atoms. The van der Waals surface area contributed by atoms with Crippen molar-refractivity contribution < 1.29 is 4.79 Å². The van der Waals surface area contributed by atoms with E-state index in [1.54, 1.807) is 18.2 Å². The number of fused-ring (bicyclic) bond motifs is 1. The fourth-order valence-electron chi connectivity index (χ4n) is 2.67. The SMILES string of the molecule is Nc1cc(Br)cc(C(=O)NC2Cc3ccccc3C2)c1. The van der Waals surface area contributed by atoms with E-state index < -0.39 is 0 Å². The zero-order valence-electron chi connectivity index (χ0n) is 10.9. The molecule has 1 amide bonds. The molecule has 102 valence electrons. The van der Waals surface area contributed by atoms with Crippen LogP contribution in [-0.4, -0.2) is 11.9 Å². The number of hydrogen-bond donors (Lipinski definition) is 2. The molecule has 0 atom stereocenters. The Bertz CT molecular complexity index is 624. The molecule has 0 bridgehead atoms. The van der Waals surface area contributed by atoms with Crippen LogP contribution in [0.15, 0.2) is 46.9 Å². The first-order valence-corrected chi connectivity index (χ1v) is 7.35. The Kier molecular flexibility index (Phi) is 3.49. The van der Waals surface area contributed by atoms with Gasteiger partial charge in [-0.1, -0.05) is 40.2 Å². The van der Waals surface area contributed by atoms with E-state index in [1.165, 1.54) is 11.1 Å². The lowest BCUT2D eigenvalue weighted by atomic mass is 10.1. The van der Waals surface area contributed by atoms with Crippen LogP contribution in [0, 0.1) is 0 Å². The number of halogens is 1. The fraction of sp³-hybridized carbons (Fsp3) is 0.188. The molecular formula is C16H15BrN2O. The summed E-state index contributed by atoms with van der Waals surface area (Å²) in [5.74, 6) is -0.0733. The molecule has 0 saturated carbocycles. The van der Waals surface area contributed by atoms with Gasteiger partial charge in [-0.2, -0.15) is 0 Å². The van der Waals surface area contributed by atoms with Gasteiger partial charge in [-0.15, -0.1) is 0 Å². The highest BCUT2D eigenvalue weighted by Gasteiger charge is 2.22. The van der Waals surface area contributed by atoms with Crippen molar-refractivity contribution in [3.05, 3.63) is 63.6 Å². The van der Waals surface area contributed by atoms with Crippen LogP contribution in [0.3, 0.4) is 0 Å². The molecule has 0 saturated heterocycles. The maximum atomic E-state index is 12.3. The van der Waals surface area contributed by atoms with Crippen LogP contribution in [0.2, 0.25) is 0 Å². The van der Waals surface area contributed by atoms with E-state index in [9.17, 15) is 4.79 Å². The lowest BCUT2D eigenvalue weighted by molar-refractivity contribution is 0.0938. The van der Waals surface area contributed by atoms with Gasteiger partial charge in [0.05, 0.1) is 0 Å². The van der Waals surface area contributed by atoms with Gasteiger partial charge < -0.3 is 11.1 Å². The average Bonchev–Trinajstić information content (AvgIpc) is 2.79. The van der Waals surface area contributed by atoms with Crippen molar-refractivity contribution >= 4 is 27.5 Å². The van der Waals surface area contributed by atoms with Crippen LogP contribution >= 0.6 is 15.9 Å². The summed E-state index contributed by atoms with van der Waals surface area (Å²) in [5.41, 5.74) is 9.59. The van der Waals surface area contributed by atoms with Crippen LogP contribution in [-0.2, 0) is 12.8 Å². The maximum absolute atomic E-state index is 12.3. The summed E-state index contributed by atoms with van der Waals surface area (Å²) >= 11 is 3.36. The molecule has 3 nitrogen and oxygen atoms in total. The van der Waals surface area contributed by atoms with Gasteiger partial charge in [0, 0.05) is 21.8 Å². The minimum atomic E-state index is -0.0733. The van der Waals surface area contributed by atoms with E-state index in [0.29, 0.717) is 11.3 Å². The van der Waals surface area contributed by atoms with E-state index in [4.69, 9.17) is 5.73 Å². The molecule has 1 aliphatic rings. The minimum Gasteiger partial charge on any atom is -0.399 e. The summed E-state index contributed by atoms with van der Waals surface area (Å²) in [6, 6.07) is 13.8. The van der Waals surface area contributed by atoms with Gasteiger partial charge in [0.25, 0.3) is 5.91 Å². The van der Waals surface area contributed by atoms with E-state index in [2.05, 4.69) is 33.4 Å². The Morgan fingerprint density at radius 1 is 1.15 bits per heavy atom. The summed E-state index contributed by atoms with van der Waals surface area (Å²) in [4.78, 5) is 12.3. The Morgan fingerprint density at radius 3 is 2.40 bits per heavy atom. The second-order valence-corrected chi connectivity index (χ2v) is 6.04. The van der Waals surface area contributed by atoms with Gasteiger partial charge in [0.1, 0.15) is 0 Å². The maximum Gasteiger partial charge on any atom is 0.251 e. The van der Waals surface area contributed by atoms with Crippen molar-refractivity contribution in [2.45, 2.75) is 18.9 Å². The number of amides is 1. The van der Waals surface area contributed by atoms with Gasteiger partial charge in [-0.05, 0) is 42.2 Å². The number of nitrogen functional groups attached to an aromatic ring is 1. The van der Waals surface area contributed by atoms with E-state index in [1.807, 2.05) is 12.1 Å². The Morgan fingerprint density at radius 2 is 1.80 bits per heavy atom. The van der Waals surface area contributed by atoms with E-state index in [-0.39, 0.29) is 11.9 Å². The standard InChI is InChI=1S/C16H15BrN2O/c17-13-5-12(6-14(18)9-13)16(20)19-15-7-10-3-1-2-4-11(10)8-15/h1-6,9,15H,7-8,18H2,(H,19,20). The number of anilines is 1. The number of carbonyl (C=O) groups is 1. The van der Waals surface area contributed by atoms with Crippen LogP contribution < -0.4 is 11.1 Å². The highest BCUT2D eigenvalue weighted by atomic mass is 79.9. The first-order valence-electron chi connectivity index (χ1n) is 6.55. The zero-order chi connectivity index (χ0) is 14.1. The smallest absolute Gasteiger partial charge is 0.251 e. The fourth-order valence-corrected chi connectivity index (χ4v) is 3.18. The molecule has 0 unspecified atom stereocenters. The zero-order valence-corrected chi connectivity index (χ0v) is 12.5. The average molecular weight is 331 g/mol. The largest absolute Gasteiger partial charge is 0.399 e. The molecule has 0 spiro atoms. The van der Waals surface area contributed by atoms with Gasteiger partial charge in [0.2, 0.25) is 0 Å². The molecule has 4 heteroatoms. The summed E-state index contributed by atoms with van der Waals surface area (Å²) in [7, 11) is 0. The Labute approximate surface area is 126 Å². The molecule has 0 aliphatic heterocycles. The van der Waals surface area contributed by atoms with Crippen molar-refractivity contribution in [2.24, 2.45) is 0 Å². The molecule has 1 aliphatic carbocycles. The van der Waals surface area contributed by atoms with Crippen molar-refractivity contribution in [3.8, 4) is 0 Å². The van der Waals surface area contributed by atoms with Gasteiger partial charge in [-0.25, -0.2) is 0 Å². The third-order valence-corrected chi connectivity index (χ3v) is 4.03. The van der Waals surface area contributed by atoms with Crippen molar-refractivity contribution in [3.63, 3.8) is 0 Å². The second kappa shape index (κ2) is 5.29. The third-order valence-electron chi connectivity index (χ3n) is 3.57. The quantitative estimate of drug-likeness (QED) is 0.832. The van der Waals surface area contributed by atoms with Crippen LogP contribution in [0.25, 0.3) is 0 Å². The lowest BCUT2D eigenvalue weighted by Gasteiger charge is -2.12. The summed E-state index contributed by atoms with van der Waals surface area (Å²) < 4.78 is 0.817. The molecule has 0 heterocycles. The summed E-state index contributed by atoms with van der Waals surface area (Å²) in [5, 5.41) is 3.08. The van der Waals surface area contributed by atoms with Crippen LogP contribution in [0.5, 0.6) is 0 Å². The predicted molar refractivity (Wildman–Crippen MR) is 83.7 cm³/mol. The number of carbonyl (C=O) groups excluding carboxylic acids is 1. The summed E-state index contributed by atoms with van der Waals surface area (Å²) in [6.07, 6.45) is 1.79. The minimum absolute atomic E-state index is 0.0733. The van der Waals surface area contributed by atoms with E-state index >= 15 is 0 Å². The van der Waals surface area contributed by atoms with Crippen LogP contribution in [0.4, 0.5) is 5.69 Å². The normalized spacial score (nSPS) is 14.1. The Balaban J connectivity index is 1.72. The molecule has 2 aromatic rings. The van der Waals surface area contributed by atoms with Crippen molar-refractivity contribution in [1.29, 1.82) is 0 Å². The number of rotatable bonds is 2. The highest BCUT2D eigenvalue weighted by Crippen LogP contribution is 2.22. The van der Waals surface area contributed by atoms with Crippen molar-refractivity contribution in [2.75, 3.05) is 5.73 Å². The monoisotopic (exact) mass is 330 g/mol. The first-order chi connectivity index (χ1) is 9.61. The number of hydrogen-bond acceptors (Lipinski definition) is 2. The Hall–Kier alpha value is -1.81. The van der Waals surface area contributed by atoms with Gasteiger partial charge >= 0.3 is 0 Å². The molecule has 3 N–H and O–H groups in total. The highest BCUT2D eigenvalue weighted by molar-refractivity contribution is 9.10. The topological polar surface area (TPSA) is 55.1 Å². The van der Waals surface area contributed by atoms with Gasteiger partial charge in [0.15, 0.2) is 0 Å².